The number of carbonyl (C=O) groups is 1. The number of amides is 1. The van der Waals surface area contributed by atoms with Crippen LogP contribution in [0.1, 0.15) is 37.8 Å². The molecule has 1 fully saturated rings. The highest BCUT2D eigenvalue weighted by Gasteiger charge is 2.17. The number of benzene rings is 1. The minimum absolute atomic E-state index is 0.292. The molecule has 18 heavy (non-hydrogen) atoms. The van der Waals surface area contributed by atoms with Gasteiger partial charge < -0.3 is 10.2 Å². The first-order valence-corrected chi connectivity index (χ1v) is 6.83. The van der Waals surface area contributed by atoms with Gasteiger partial charge in [0.15, 0.2) is 0 Å². The molecule has 0 radical (unpaired) electrons. The van der Waals surface area contributed by atoms with E-state index in [0.29, 0.717) is 18.4 Å². The zero-order valence-electron chi connectivity index (χ0n) is 11.1. The van der Waals surface area contributed by atoms with E-state index in [2.05, 4.69) is 24.4 Å². The van der Waals surface area contributed by atoms with Gasteiger partial charge in [-0.25, -0.2) is 0 Å². The van der Waals surface area contributed by atoms with E-state index < -0.39 is 0 Å². The Kier molecular flexibility index (Phi) is 4.76. The largest absolute Gasteiger partial charge is 0.343 e. The van der Waals surface area contributed by atoms with E-state index >= 15 is 0 Å². The van der Waals surface area contributed by atoms with Crippen molar-refractivity contribution >= 4 is 5.91 Å². The Hall–Kier alpha value is -1.35. The van der Waals surface area contributed by atoms with Crippen molar-refractivity contribution in [3.05, 3.63) is 35.9 Å². The Balaban J connectivity index is 1.70. The summed E-state index contributed by atoms with van der Waals surface area (Å²) in [6.45, 7) is 4.79. The van der Waals surface area contributed by atoms with Gasteiger partial charge >= 0.3 is 0 Å². The fraction of sp³-hybridized carbons (Fsp3) is 0.533. The second-order valence-electron chi connectivity index (χ2n) is 4.92. The Morgan fingerprint density at radius 1 is 1.28 bits per heavy atom. The maximum absolute atomic E-state index is 11.8. The van der Waals surface area contributed by atoms with E-state index in [9.17, 15) is 4.79 Å². The van der Waals surface area contributed by atoms with E-state index in [-0.39, 0.29) is 0 Å². The monoisotopic (exact) mass is 246 g/mol. The van der Waals surface area contributed by atoms with E-state index in [1.807, 2.05) is 23.1 Å². The maximum Gasteiger partial charge on any atom is 0.223 e. The first kappa shape index (κ1) is 13.1. The van der Waals surface area contributed by atoms with Crippen LogP contribution in [-0.4, -0.2) is 30.4 Å². The van der Waals surface area contributed by atoms with Gasteiger partial charge in [0.05, 0.1) is 0 Å². The molecule has 0 unspecified atom stereocenters. The van der Waals surface area contributed by atoms with Gasteiger partial charge in [-0.15, -0.1) is 0 Å². The Labute approximate surface area is 109 Å². The lowest BCUT2D eigenvalue weighted by molar-refractivity contribution is -0.130. The number of carbonyl (C=O) groups excluding carboxylic acids is 1. The highest BCUT2D eigenvalue weighted by atomic mass is 16.2. The highest BCUT2D eigenvalue weighted by molar-refractivity contribution is 5.76. The molecule has 98 valence electrons. The standard InChI is InChI=1S/C15H22N2O/c1-13(14-7-3-2-4-8-14)16-10-9-15(18)17-11-5-6-12-17/h2-4,7-8,13,16H,5-6,9-12H2,1H3/t13-/m1/s1. The average Bonchev–Trinajstić information content (AvgIpc) is 2.93. The van der Waals surface area contributed by atoms with Crippen molar-refractivity contribution in [2.24, 2.45) is 0 Å². The van der Waals surface area contributed by atoms with Gasteiger partial charge in [0.25, 0.3) is 0 Å². The summed E-state index contributed by atoms with van der Waals surface area (Å²) in [5, 5.41) is 3.41. The van der Waals surface area contributed by atoms with Crippen LogP contribution in [0.3, 0.4) is 0 Å². The molecule has 1 aromatic carbocycles. The van der Waals surface area contributed by atoms with Gasteiger partial charge in [-0.3, -0.25) is 4.79 Å². The summed E-state index contributed by atoms with van der Waals surface area (Å²) in [7, 11) is 0. The van der Waals surface area contributed by atoms with Gasteiger partial charge in [-0.2, -0.15) is 0 Å². The van der Waals surface area contributed by atoms with Gasteiger partial charge in [0, 0.05) is 32.1 Å². The van der Waals surface area contributed by atoms with Crippen molar-refractivity contribution in [1.82, 2.24) is 10.2 Å². The van der Waals surface area contributed by atoms with Crippen molar-refractivity contribution in [3.63, 3.8) is 0 Å². The summed E-state index contributed by atoms with van der Waals surface area (Å²) in [6.07, 6.45) is 2.94. The average molecular weight is 246 g/mol. The number of hydrogen-bond acceptors (Lipinski definition) is 2. The van der Waals surface area contributed by atoms with Crippen LogP contribution in [0, 0.1) is 0 Å². The van der Waals surface area contributed by atoms with Crippen LogP contribution in [0.15, 0.2) is 30.3 Å². The first-order chi connectivity index (χ1) is 8.77. The second kappa shape index (κ2) is 6.55. The highest BCUT2D eigenvalue weighted by Crippen LogP contribution is 2.12. The summed E-state index contributed by atoms with van der Waals surface area (Å²) in [6, 6.07) is 10.6. The third kappa shape index (κ3) is 3.57. The maximum atomic E-state index is 11.8. The van der Waals surface area contributed by atoms with Crippen LogP contribution in [0.4, 0.5) is 0 Å². The molecule has 1 aliphatic heterocycles. The Morgan fingerprint density at radius 2 is 1.94 bits per heavy atom. The molecular formula is C15H22N2O. The summed E-state index contributed by atoms with van der Waals surface area (Å²) >= 11 is 0. The van der Waals surface area contributed by atoms with Crippen molar-refractivity contribution in [3.8, 4) is 0 Å². The van der Waals surface area contributed by atoms with Crippen molar-refractivity contribution in [1.29, 1.82) is 0 Å². The zero-order valence-corrected chi connectivity index (χ0v) is 11.1. The SMILES string of the molecule is C[C@@H](NCCC(=O)N1CCCC1)c1ccccc1. The number of likely N-dealkylation sites (tertiary alicyclic amines) is 1. The number of hydrogen-bond donors (Lipinski definition) is 1. The summed E-state index contributed by atoms with van der Waals surface area (Å²) < 4.78 is 0. The number of nitrogens with zero attached hydrogens (tertiary/aromatic N) is 1. The smallest absolute Gasteiger partial charge is 0.223 e. The molecule has 3 nitrogen and oxygen atoms in total. The normalized spacial score (nSPS) is 16.8. The quantitative estimate of drug-likeness (QED) is 0.865. The molecule has 0 spiro atoms. The fourth-order valence-corrected chi connectivity index (χ4v) is 2.38. The minimum Gasteiger partial charge on any atom is -0.343 e. The molecule has 1 saturated heterocycles. The van der Waals surface area contributed by atoms with E-state index in [4.69, 9.17) is 0 Å². The fourth-order valence-electron chi connectivity index (χ4n) is 2.38. The van der Waals surface area contributed by atoms with Crippen LogP contribution < -0.4 is 5.32 Å². The van der Waals surface area contributed by atoms with Crippen molar-refractivity contribution < 1.29 is 4.79 Å². The molecule has 1 atom stereocenters. The van der Waals surface area contributed by atoms with Gasteiger partial charge in [0.2, 0.25) is 5.91 Å². The molecule has 1 amide bonds. The second-order valence-corrected chi connectivity index (χ2v) is 4.92. The van der Waals surface area contributed by atoms with Crippen LogP contribution in [0.2, 0.25) is 0 Å². The molecule has 1 aliphatic rings. The lowest BCUT2D eigenvalue weighted by Crippen LogP contribution is -2.31. The Morgan fingerprint density at radius 3 is 2.61 bits per heavy atom. The Bertz CT molecular complexity index is 371. The van der Waals surface area contributed by atoms with Crippen molar-refractivity contribution in [2.75, 3.05) is 19.6 Å². The van der Waals surface area contributed by atoms with E-state index in [1.54, 1.807) is 0 Å². The predicted octanol–water partition coefficient (Wildman–Crippen LogP) is 2.35. The van der Waals surface area contributed by atoms with Crippen molar-refractivity contribution in [2.45, 2.75) is 32.2 Å². The molecule has 0 aromatic heterocycles. The van der Waals surface area contributed by atoms with Crippen LogP contribution >= 0.6 is 0 Å². The topological polar surface area (TPSA) is 32.3 Å². The minimum atomic E-state index is 0.292. The van der Waals surface area contributed by atoms with Gasteiger partial charge in [-0.1, -0.05) is 30.3 Å². The van der Waals surface area contributed by atoms with E-state index in [0.717, 1.165) is 19.6 Å². The third-order valence-corrected chi connectivity index (χ3v) is 3.55. The molecule has 1 heterocycles. The zero-order chi connectivity index (χ0) is 12.8. The summed E-state index contributed by atoms with van der Waals surface area (Å²) in [4.78, 5) is 13.8. The summed E-state index contributed by atoms with van der Waals surface area (Å²) in [5.74, 6) is 0.292. The molecule has 2 rings (SSSR count). The van der Waals surface area contributed by atoms with Crippen LogP contribution in [0.25, 0.3) is 0 Å². The number of nitrogens with one attached hydrogen (secondary N) is 1. The van der Waals surface area contributed by atoms with Crippen LogP contribution in [0.5, 0.6) is 0 Å². The molecule has 0 saturated carbocycles. The lowest BCUT2D eigenvalue weighted by Gasteiger charge is -2.17. The van der Waals surface area contributed by atoms with Crippen LogP contribution in [-0.2, 0) is 4.79 Å². The predicted molar refractivity (Wildman–Crippen MR) is 73.3 cm³/mol. The van der Waals surface area contributed by atoms with Gasteiger partial charge in [-0.05, 0) is 25.3 Å². The molecule has 0 bridgehead atoms. The summed E-state index contributed by atoms with van der Waals surface area (Å²) in [5.41, 5.74) is 1.27. The molecule has 1 N–H and O–H groups in total. The molecular weight excluding hydrogens is 224 g/mol. The number of rotatable bonds is 5. The molecule has 1 aromatic rings. The van der Waals surface area contributed by atoms with E-state index in [1.165, 1.54) is 18.4 Å². The molecule has 3 heteroatoms. The lowest BCUT2D eigenvalue weighted by atomic mass is 10.1. The third-order valence-electron chi connectivity index (χ3n) is 3.55. The first-order valence-electron chi connectivity index (χ1n) is 6.83. The van der Waals surface area contributed by atoms with Gasteiger partial charge in [0.1, 0.15) is 0 Å². The molecule has 0 aliphatic carbocycles.